The van der Waals surface area contributed by atoms with E-state index in [0.717, 1.165) is 25.0 Å². The van der Waals surface area contributed by atoms with Gasteiger partial charge >= 0.3 is 10.2 Å². The quantitative estimate of drug-likeness (QED) is 0.575. The lowest BCUT2D eigenvalue weighted by molar-refractivity contribution is -0.117. The van der Waals surface area contributed by atoms with E-state index < -0.39 is 39.9 Å². The summed E-state index contributed by atoms with van der Waals surface area (Å²) in [4.78, 5) is 30.4. The van der Waals surface area contributed by atoms with E-state index in [1.54, 1.807) is 4.72 Å². The van der Waals surface area contributed by atoms with Crippen molar-refractivity contribution in [2.45, 2.75) is 25.7 Å². The number of hydrogen-bond donors (Lipinski definition) is 4. The number of fused-ring (bicyclic) bond motifs is 1. The molecule has 148 valence electrons. The van der Waals surface area contributed by atoms with Gasteiger partial charge in [0, 0.05) is 17.3 Å². The van der Waals surface area contributed by atoms with E-state index in [-0.39, 0.29) is 17.2 Å². The summed E-state index contributed by atoms with van der Waals surface area (Å²) in [6.45, 7) is -0.640. The first-order valence-corrected chi connectivity index (χ1v) is 9.93. The number of nitrogens with zero attached hydrogens (tertiary/aromatic N) is 2. The number of carbonyl (C=O) groups excluding carboxylic acids is 1. The smallest absolute Gasteiger partial charge is 0.326 e. The van der Waals surface area contributed by atoms with Gasteiger partial charge in [0.25, 0.3) is 11.5 Å². The highest BCUT2D eigenvalue weighted by atomic mass is 32.2. The zero-order valence-electron chi connectivity index (χ0n) is 14.5. The second kappa shape index (κ2) is 6.48. The average Bonchev–Trinajstić information content (AvgIpc) is 2.86. The zero-order chi connectivity index (χ0) is 20.1. The van der Waals surface area contributed by atoms with Gasteiger partial charge in [-0.25, -0.2) is 18.4 Å². The second-order valence-electron chi connectivity index (χ2n) is 6.53. The second-order valence-corrected chi connectivity index (χ2v) is 8.13. The van der Waals surface area contributed by atoms with Gasteiger partial charge in [0.2, 0.25) is 5.95 Å². The molecule has 28 heavy (non-hydrogen) atoms. The molecule has 4 rings (SSSR count). The number of aryl methyl sites for hydroxylation is 1. The van der Waals surface area contributed by atoms with Gasteiger partial charge < -0.3 is 10.4 Å². The number of aromatic amines is 1. The molecule has 1 aliphatic heterocycles. The third-order valence-corrected chi connectivity index (χ3v) is 5.94. The lowest BCUT2D eigenvalue weighted by Gasteiger charge is -2.18. The lowest BCUT2D eigenvalue weighted by atomic mass is 9.97. The molecule has 2 heterocycles. The van der Waals surface area contributed by atoms with Crippen molar-refractivity contribution in [2.75, 3.05) is 16.2 Å². The highest BCUT2D eigenvalue weighted by Gasteiger charge is 2.37. The summed E-state index contributed by atoms with van der Waals surface area (Å²) in [5.41, 5.74) is 0.440. The molecule has 10 nitrogen and oxygen atoms in total. The standard InChI is InChI=1S/C16H16FN5O5S/c17-10-5-8(6-12(23)14(10)22-7-13(24)21-28(22,26)27)18-16-19-11-4-2-1-3-9(11)15(25)20-16/h5-6,23H,1-4,7H2,(H,21,24)(H2,18,19,20,25). The molecule has 1 aliphatic carbocycles. The van der Waals surface area contributed by atoms with E-state index in [0.29, 0.717) is 28.4 Å². The van der Waals surface area contributed by atoms with Gasteiger partial charge in [-0.2, -0.15) is 8.42 Å². The van der Waals surface area contributed by atoms with Gasteiger partial charge in [-0.15, -0.1) is 0 Å². The van der Waals surface area contributed by atoms with E-state index in [1.165, 1.54) is 0 Å². The van der Waals surface area contributed by atoms with Crippen molar-refractivity contribution in [1.29, 1.82) is 0 Å². The summed E-state index contributed by atoms with van der Waals surface area (Å²) in [6.07, 6.45) is 3.16. The fraction of sp³-hybridized carbons (Fsp3) is 0.312. The molecule has 2 aliphatic rings. The van der Waals surface area contributed by atoms with Gasteiger partial charge in [0.15, 0.2) is 5.82 Å². The maximum absolute atomic E-state index is 14.6. The van der Waals surface area contributed by atoms with Crippen LogP contribution in [-0.2, 0) is 27.8 Å². The number of amides is 1. The molecule has 0 atom stereocenters. The van der Waals surface area contributed by atoms with Gasteiger partial charge in [-0.05, 0) is 31.7 Å². The molecule has 1 aromatic heterocycles. The number of carbonyl (C=O) groups is 1. The fourth-order valence-electron chi connectivity index (χ4n) is 3.35. The Morgan fingerprint density at radius 1 is 1.21 bits per heavy atom. The Bertz CT molecular complexity index is 1120. The Morgan fingerprint density at radius 2 is 1.96 bits per heavy atom. The number of rotatable bonds is 3. The Hall–Kier alpha value is -3.15. The van der Waals surface area contributed by atoms with Crippen LogP contribution >= 0.6 is 0 Å². The van der Waals surface area contributed by atoms with Crippen LogP contribution < -0.4 is 19.9 Å². The normalized spacial score (nSPS) is 17.9. The first-order chi connectivity index (χ1) is 13.2. The fourth-order valence-corrected chi connectivity index (χ4v) is 4.52. The average molecular weight is 409 g/mol. The van der Waals surface area contributed by atoms with E-state index >= 15 is 0 Å². The van der Waals surface area contributed by atoms with Crippen molar-refractivity contribution in [2.24, 2.45) is 0 Å². The Labute approximate surface area is 158 Å². The van der Waals surface area contributed by atoms with Crippen LogP contribution in [0.15, 0.2) is 16.9 Å². The molecule has 0 saturated carbocycles. The maximum atomic E-state index is 14.6. The first kappa shape index (κ1) is 18.2. The molecule has 4 N–H and O–H groups in total. The highest BCUT2D eigenvalue weighted by molar-refractivity contribution is 7.92. The maximum Gasteiger partial charge on any atom is 0.326 e. The van der Waals surface area contributed by atoms with Crippen LogP contribution in [0.1, 0.15) is 24.1 Å². The van der Waals surface area contributed by atoms with Crippen molar-refractivity contribution in [1.82, 2.24) is 14.7 Å². The number of phenols is 1. The monoisotopic (exact) mass is 409 g/mol. The third-order valence-electron chi connectivity index (χ3n) is 4.57. The zero-order valence-corrected chi connectivity index (χ0v) is 15.3. The molecule has 12 heteroatoms. The van der Waals surface area contributed by atoms with Crippen molar-refractivity contribution < 1.29 is 22.7 Å². The van der Waals surface area contributed by atoms with Crippen LogP contribution in [0.25, 0.3) is 0 Å². The Balaban J connectivity index is 1.67. The predicted molar refractivity (Wildman–Crippen MR) is 97.3 cm³/mol. The number of H-pyrrole nitrogens is 1. The minimum absolute atomic E-state index is 0.0496. The van der Waals surface area contributed by atoms with Crippen LogP contribution in [0, 0.1) is 5.82 Å². The van der Waals surface area contributed by atoms with Crippen molar-refractivity contribution in [3.63, 3.8) is 0 Å². The Kier molecular flexibility index (Phi) is 4.22. The summed E-state index contributed by atoms with van der Waals surface area (Å²) >= 11 is 0. The van der Waals surface area contributed by atoms with Crippen LogP contribution in [0.3, 0.4) is 0 Å². The van der Waals surface area contributed by atoms with E-state index in [4.69, 9.17) is 0 Å². The van der Waals surface area contributed by atoms with Gasteiger partial charge in [0.1, 0.15) is 18.0 Å². The van der Waals surface area contributed by atoms with Gasteiger partial charge in [0.05, 0.1) is 5.69 Å². The predicted octanol–water partition coefficient (Wildman–Crippen LogP) is 0.418. The molecule has 2 aromatic rings. The van der Waals surface area contributed by atoms with Crippen molar-refractivity contribution in [3.05, 3.63) is 39.6 Å². The number of halogens is 1. The molecular formula is C16H16FN5O5S. The minimum atomic E-state index is -4.27. The molecule has 0 radical (unpaired) electrons. The number of benzene rings is 1. The number of hydrogen-bond acceptors (Lipinski definition) is 7. The number of aromatic hydroxyl groups is 1. The number of nitrogens with one attached hydrogen (secondary N) is 3. The minimum Gasteiger partial charge on any atom is -0.506 e. The van der Waals surface area contributed by atoms with Crippen LogP contribution in [0.2, 0.25) is 0 Å². The molecule has 1 amide bonds. The molecule has 1 aromatic carbocycles. The summed E-state index contributed by atoms with van der Waals surface area (Å²) in [5.74, 6) is -2.51. The molecule has 1 fully saturated rings. The van der Waals surface area contributed by atoms with Gasteiger partial charge in [-0.1, -0.05) is 0 Å². The summed E-state index contributed by atoms with van der Waals surface area (Å²) in [7, 11) is -4.27. The van der Waals surface area contributed by atoms with Gasteiger partial charge in [-0.3, -0.25) is 14.6 Å². The highest BCUT2D eigenvalue weighted by Crippen LogP contribution is 2.36. The van der Waals surface area contributed by atoms with E-state index in [9.17, 15) is 27.5 Å². The third kappa shape index (κ3) is 3.15. The number of anilines is 3. The van der Waals surface area contributed by atoms with Crippen molar-refractivity contribution >= 4 is 33.4 Å². The lowest BCUT2D eigenvalue weighted by Crippen LogP contribution is -2.30. The summed E-state index contributed by atoms with van der Waals surface area (Å²) in [5, 5.41) is 12.9. The number of phenolic OH excluding ortho intramolecular Hbond substituents is 1. The van der Waals surface area contributed by atoms with Crippen LogP contribution in [0.4, 0.5) is 21.7 Å². The van der Waals surface area contributed by atoms with E-state index in [2.05, 4.69) is 15.3 Å². The molecule has 0 spiro atoms. The SMILES string of the molecule is O=C1CN(c2c(O)cc(Nc3nc4c(c(=O)[nH]3)CCCC4)cc2F)S(=O)(=O)N1. The Morgan fingerprint density at radius 3 is 2.64 bits per heavy atom. The number of aromatic nitrogens is 2. The van der Waals surface area contributed by atoms with Crippen molar-refractivity contribution in [3.8, 4) is 5.75 Å². The molecule has 1 saturated heterocycles. The topological polar surface area (TPSA) is 144 Å². The molecular weight excluding hydrogens is 393 g/mol. The molecule has 0 bridgehead atoms. The van der Waals surface area contributed by atoms with Crippen LogP contribution in [-0.4, -0.2) is 35.9 Å². The largest absolute Gasteiger partial charge is 0.506 e. The van der Waals surface area contributed by atoms with E-state index in [1.807, 2.05) is 0 Å². The molecule has 0 unspecified atom stereocenters. The summed E-state index contributed by atoms with van der Waals surface area (Å²) < 4.78 is 40.5. The summed E-state index contributed by atoms with van der Waals surface area (Å²) in [6, 6.07) is 2.02. The van der Waals surface area contributed by atoms with Crippen LogP contribution in [0.5, 0.6) is 5.75 Å². The first-order valence-electron chi connectivity index (χ1n) is 8.49.